The Labute approximate surface area is 125 Å². The standard InChI is InChI=1S/C15H27F3N2O/c1-2-5-13-10-20(8-9-21-12-15(16,17)18)14(11-19-13)6-3-4-7-14/h13,19H,2-12H2,1H3. The normalized spacial score (nSPS) is 26.6. The molecular formula is C15H27F3N2O. The Bertz CT molecular complexity index is 317. The Kier molecular flexibility index (Phi) is 5.91. The second-order valence-electron chi connectivity index (χ2n) is 6.41. The fraction of sp³-hybridized carbons (Fsp3) is 1.00. The van der Waals surface area contributed by atoms with Crippen molar-refractivity contribution in [2.45, 2.75) is 63.2 Å². The molecule has 1 saturated heterocycles. The second kappa shape index (κ2) is 7.29. The molecule has 3 nitrogen and oxygen atoms in total. The molecule has 1 unspecified atom stereocenters. The van der Waals surface area contributed by atoms with Gasteiger partial charge in [-0.2, -0.15) is 13.2 Å². The van der Waals surface area contributed by atoms with Crippen LogP contribution in [-0.4, -0.2) is 55.5 Å². The molecule has 1 aliphatic heterocycles. The van der Waals surface area contributed by atoms with Crippen molar-refractivity contribution in [3.8, 4) is 0 Å². The van der Waals surface area contributed by atoms with E-state index in [2.05, 4.69) is 17.1 Å². The lowest BCUT2D eigenvalue weighted by molar-refractivity contribution is -0.175. The summed E-state index contributed by atoms with van der Waals surface area (Å²) in [5, 5.41) is 3.63. The molecule has 124 valence electrons. The smallest absolute Gasteiger partial charge is 0.371 e. The van der Waals surface area contributed by atoms with Gasteiger partial charge >= 0.3 is 6.18 Å². The molecular weight excluding hydrogens is 281 g/mol. The van der Waals surface area contributed by atoms with Gasteiger partial charge in [0.15, 0.2) is 0 Å². The van der Waals surface area contributed by atoms with Crippen LogP contribution in [0.3, 0.4) is 0 Å². The molecule has 1 saturated carbocycles. The molecule has 1 spiro atoms. The summed E-state index contributed by atoms with van der Waals surface area (Å²) in [6, 6.07) is 0.462. The van der Waals surface area contributed by atoms with Crippen molar-refractivity contribution >= 4 is 0 Å². The molecule has 1 atom stereocenters. The van der Waals surface area contributed by atoms with Crippen molar-refractivity contribution in [2.75, 3.05) is 32.8 Å². The molecule has 6 heteroatoms. The first-order valence-corrected chi connectivity index (χ1v) is 8.08. The summed E-state index contributed by atoms with van der Waals surface area (Å²) in [4.78, 5) is 2.40. The third kappa shape index (κ3) is 4.83. The molecule has 2 rings (SSSR count). The van der Waals surface area contributed by atoms with Gasteiger partial charge in [-0.3, -0.25) is 4.90 Å². The maximum atomic E-state index is 12.1. The molecule has 0 aromatic rings. The van der Waals surface area contributed by atoms with E-state index in [0.29, 0.717) is 12.6 Å². The van der Waals surface area contributed by atoms with Crippen molar-refractivity contribution in [3.05, 3.63) is 0 Å². The average Bonchev–Trinajstić information content (AvgIpc) is 2.87. The minimum Gasteiger partial charge on any atom is -0.371 e. The molecule has 0 bridgehead atoms. The zero-order valence-corrected chi connectivity index (χ0v) is 12.8. The highest BCUT2D eigenvalue weighted by atomic mass is 19.4. The molecule has 0 aromatic carbocycles. The predicted octanol–water partition coefficient (Wildman–Crippen LogP) is 2.95. The van der Waals surface area contributed by atoms with Crippen LogP contribution in [-0.2, 0) is 4.74 Å². The zero-order chi connectivity index (χ0) is 15.3. The maximum Gasteiger partial charge on any atom is 0.411 e. The van der Waals surface area contributed by atoms with Crippen LogP contribution in [0.25, 0.3) is 0 Å². The summed E-state index contributed by atoms with van der Waals surface area (Å²) in [6.07, 6.45) is 2.77. The first kappa shape index (κ1) is 17.0. The Morgan fingerprint density at radius 1 is 1.29 bits per heavy atom. The Hall–Kier alpha value is -0.330. The van der Waals surface area contributed by atoms with Crippen LogP contribution in [0.2, 0.25) is 0 Å². The zero-order valence-electron chi connectivity index (χ0n) is 12.8. The minimum absolute atomic E-state index is 0.159. The van der Waals surface area contributed by atoms with Crippen molar-refractivity contribution < 1.29 is 17.9 Å². The van der Waals surface area contributed by atoms with Gasteiger partial charge in [0.25, 0.3) is 0 Å². The largest absolute Gasteiger partial charge is 0.411 e. The van der Waals surface area contributed by atoms with E-state index in [0.717, 1.165) is 38.8 Å². The minimum atomic E-state index is -4.22. The van der Waals surface area contributed by atoms with Crippen LogP contribution < -0.4 is 5.32 Å². The Morgan fingerprint density at radius 3 is 2.62 bits per heavy atom. The van der Waals surface area contributed by atoms with E-state index in [1.165, 1.54) is 12.8 Å². The number of rotatable bonds is 6. The fourth-order valence-corrected chi connectivity index (χ4v) is 3.73. The van der Waals surface area contributed by atoms with Crippen molar-refractivity contribution in [1.29, 1.82) is 0 Å². The summed E-state index contributed by atoms with van der Waals surface area (Å²) >= 11 is 0. The number of nitrogens with zero attached hydrogens (tertiary/aromatic N) is 1. The summed E-state index contributed by atoms with van der Waals surface area (Å²) in [5.41, 5.74) is 0.159. The molecule has 0 radical (unpaired) electrons. The molecule has 1 heterocycles. The van der Waals surface area contributed by atoms with Crippen LogP contribution in [0.15, 0.2) is 0 Å². The van der Waals surface area contributed by atoms with E-state index >= 15 is 0 Å². The lowest BCUT2D eigenvalue weighted by atomic mass is 9.90. The fourth-order valence-electron chi connectivity index (χ4n) is 3.73. The van der Waals surface area contributed by atoms with Crippen LogP contribution in [0.1, 0.15) is 45.4 Å². The summed E-state index contributed by atoms with van der Waals surface area (Å²) in [7, 11) is 0. The first-order chi connectivity index (χ1) is 9.95. The highest BCUT2D eigenvalue weighted by Crippen LogP contribution is 2.37. The SMILES string of the molecule is CCCC1CN(CCOCC(F)(F)F)C2(CCCC2)CN1. The van der Waals surface area contributed by atoms with Gasteiger partial charge < -0.3 is 10.1 Å². The van der Waals surface area contributed by atoms with E-state index in [-0.39, 0.29) is 12.1 Å². The molecule has 0 aromatic heterocycles. The van der Waals surface area contributed by atoms with Gasteiger partial charge in [0.2, 0.25) is 0 Å². The predicted molar refractivity (Wildman–Crippen MR) is 76.3 cm³/mol. The Morgan fingerprint density at radius 2 is 2.00 bits per heavy atom. The van der Waals surface area contributed by atoms with Gasteiger partial charge in [0.1, 0.15) is 6.61 Å². The van der Waals surface area contributed by atoms with Crippen molar-refractivity contribution in [3.63, 3.8) is 0 Å². The first-order valence-electron chi connectivity index (χ1n) is 8.08. The van der Waals surface area contributed by atoms with Gasteiger partial charge in [-0.15, -0.1) is 0 Å². The number of piperazine rings is 1. The monoisotopic (exact) mass is 308 g/mol. The van der Waals surface area contributed by atoms with E-state index in [1.807, 2.05) is 0 Å². The quantitative estimate of drug-likeness (QED) is 0.764. The highest BCUT2D eigenvalue weighted by molar-refractivity contribution is 5.01. The van der Waals surface area contributed by atoms with E-state index in [9.17, 15) is 13.2 Å². The average molecular weight is 308 g/mol. The highest BCUT2D eigenvalue weighted by Gasteiger charge is 2.43. The van der Waals surface area contributed by atoms with Gasteiger partial charge in [0.05, 0.1) is 6.61 Å². The number of halogens is 3. The summed E-state index contributed by atoms with van der Waals surface area (Å²) < 4.78 is 41.2. The van der Waals surface area contributed by atoms with E-state index < -0.39 is 12.8 Å². The molecule has 2 fully saturated rings. The summed E-state index contributed by atoms with van der Waals surface area (Å²) in [6.45, 7) is 3.71. The molecule has 21 heavy (non-hydrogen) atoms. The third-order valence-corrected chi connectivity index (χ3v) is 4.77. The van der Waals surface area contributed by atoms with Crippen LogP contribution >= 0.6 is 0 Å². The van der Waals surface area contributed by atoms with E-state index in [1.54, 1.807) is 0 Å². The van der Waals surface area contributed by atoms with Gasteiger partial charge in [-0.1, -0.05) is 26.2 Å². The molecule has 2 aliphatic rings. The van der Waals surface area contributed by atoms with Gasteiger partial charge in [0, 0.05) is 31.2 Å². The number of nitrogens with one attached hydrogen (secondary N) is 1. The topological polar surface area (TPSA) is 24.5 Å². The summed E-state index contributed by atoms with van der Waals surface area (Å²) in [5.74, 6) is 0. The van der Waals surface area contributed by atoms with Crippen LogP contribution in [0, 0.1) is 0 Å². The van der Waals surface area contributed by atoms with Crippen LogP contribution in [0.5, 0.6) is 0 Å². The molecule has 0 amide bonds. The van der Waals surface area contributed by atoms with E-state index in [4.69, 9.17) is 4.74 Å². The third-order valence-electron chi connectivity index (χ3n) is 4.77. The molecule has 1 N–H and O–H groups in total. The van der Waals surface area contributed by atoms with Crippen molar-refractivity contribution in [1.82, 2.24) is 10.2 Å². The lowest BCUT2D eigenvalue weighted by Crippen LogP contribution is -2.64. The number of hydrogen-bond donors (Lipinski definition) is 1. The molecule has 1 aliphatic carbocycles. The number of alkyl halides is 3. The van der Waals surface area contributed by atoms with Crippen LogP contribution in [0.4, 0.5) is 13.2 Å². The Balaban J connectivity index is 1.85. The lowest BCUT2D eigenvalue weighted by Gasteiger charge is -2.48. The maximum absolute atomic E-state index is 12.1. The van der Waals surface area contributed by atoms with Crippen molar-refractivity contribution in [2.24, 2.45) is 0 Å². The van der Waals surface area contributed by atoms with Gasteiger partial charge in [-0.05, 0) is 19.3 Å². The number of ether oxygens (including phenoxy) is 1. The number of hydrogen-bond acceptors (Lipinski definition) is 3. The van der Waals surface area contributed by atoms with Gasteiger partial charge in [-0.25, -0.2) is 0 Å². The second-order valence-corrected chi connectivity index (χ2v) is 6.41.